The molecule has 0 bridgehead atoms. The lowest BCUT2D eigenvalue weighted by Crippen LogP contribution is -2.31. The summed E-state index contributed by atoms with van der Waals surface area (Å²) in [4.78, 5) is 6.53. The van der Waals surface area contributed by atoms with Crippen molar-refractivity contribution < 1.29 is 0 Å². The number of hydrogen-bond donors (Lipinski definition) is 0. The maximum atomic E-state index is 9.06. The number of nitriles is 1. The summed E-state index contributed by atoms with van der Waals surface area (Å²) in [5, 5.41) is 9.06. The van der Waals surface area contributed by atoms with E-state index in [1.54, 1.807) is 6.20 Å². The van der Waals surface area contributed by atoms with Crippen LogP contribution in [0, 0.1) is 23.2 Å². The molecule has 0 saturated heterocycles. The van der Waals surface area contributed by atoms with Gasteiger partial charge >= 0.3 is 0 Å². The van der Waals surface area contributed by atoms with Crippen LogP contribution in [0.25, 0.3) is 0 Å². The van der Waals surface area contributed by atoms with Gasteiger partial charge in [-0.05, 0) is 17.9 Å². The molecule has 1 aromatic heterocycles. The van der Waals surface area contributed by atoms with Crippen molar-refractivity contribution in [3.63, 3.8) is 0 Å². The van der Waals surface area contributed by atoms with Crippen LogP contribution in [0.4, 0.5) is 0 Å². The Hall–Kier alpha value is -1.40. The van der Waals surface area contributed by atoms with Gasteiger partial charge in [0.05, 0.1) is 0 Å². The van der Waals surface area contributed by atoms with Crippen molar-refractivity contribution in [1.82, 2.24) is 9.88 Å². The molecule has 0 aliphatic rings. The van der Waals surface area contributed by atoms with E-state index in [-0.39, 0.29) is 0 Å². The summed E-state index contributed by atoms with van der Waals surface area (Å²) in [7, 11) is 0. The number of nitrogens with zero attached hydrogens (tertiary/aromatic N) is 3. The quantitative estimate of drug-likeness (QED) is 0.773. The topological polar surface area (TPSA) is 39.9 Å². The highest BCUT2D eigenvalue weighted by molar-refractivity contribution is 5.30. The Labute approximate surface area is 110 Å². The van der Waals surface area contributed by atoms with E-state index in [0.717, 1.165) is 25.2 Å². The molecule has 3 heteroatoms. The van der Waals surface area contributed by atoms with Crippen LogP contribution < -0.4 is 0 Å². The van der Waals surface area contributed by atoms with Crippen LogP contribution in [0.5, 0.6) is 0 Å². The first-order valence-corrected chi connectivity index (χ1v) is 6.59. The predicted molar refractivity (Wildman–Crippen MR) is 73.9 cm³/mol. The van der Waals surface area contributed by atoms with Gasteiger partial charge in [-0.3, -0.25) is 4.90 Å². The third-order valence-electron chi connectivity index (χ3n) is 2.64. The summed E-state index contributed by atoms with van der Waals surface area (Å²) >= 11 is 0. The van der Waals surface area contributed by atoms with Gasteiger partial charge in [-0.25, -0.2) is 4.98 Å². The van der Waals surface area contributed by atoms with Crippen LogP contribution in [0.3, 0.4) is 0 Å². The second-order valence-electron chi connectivity index (χ2n) is 5.60. The molecule has 0 spiro atoms. The van der Waals surface area contributed by atoms with Gasteiger partial charge in [0.15, 0.2) is 0 Å². The van der Waals surface area contributed by atoms with E-state index in [1.165, 1.54) is 0 Å². The molecule has 0 aromatic carbocycles. The van der Waals surface area contributed by atoms with E-state index in [0.29, 0.717) is 17.5 Å². The van der Waals surface area contributed by atoms with E-state index in [9.17, 15) is 0 Å². The molecule has 1 heterocycles. The SMILES string of the molecule is CC(C)CN(Cc1cccnc1C#N)CC(C)C. The van der Waals surface area contributed by atoms with Crippen molar-refractivity contribution >= 4 is 0 Å². The third-order valence-corrected chi connectivity index (χ3v) is 2.64. The molecule has 0 aliphatic carbocycles. The standard InChI is InChI=1S/C15H23N3/c1-12(2)9-18(10-13(3)4)11-14-6-5-7-17-15(14)8-16/h5-7,12-13H,9-11H2,1-4H3. The fourth-order valence-electron chi connectivity index (χ4n) is 2.14. The van der Waals surface area contributed by atoms with Crippen LogP contribution in [0.2, 0.25) is 0 Å². The zero-order chi connectivity index (χ0) is 13.5. The lowest BCUT2D eigenvalue weighted by molar-refractivity contribution is 0.211. The lowest BCUT2D eigenvalue weighted by atomic mass is 10.1. The molecule has 18 heavy (non-hydrogen) atoms. The highest BCUT2D eigenvalue weighted by Gasteiger charge is 2.12. The van der Waals surface area contributed by atoms with Crippen molar-refractivity contribution in [2.75, 3.05) is 13.1 Å². The first kappa shape index (κ1) is 14.7. The van der Waals surface area contributed by atoms with Crippen LogP contribution in [-0.4, -0.2) is 23.0 Å². The van der Waals surface area contributed by atoms with Gasteiger partial charge in [-0.15, -0.1) is 0 Å². The average Bonchev–Trinajstić information content (AvgIpc) is 2.27. The first-order valence-electron chi connectivity index (χ1n) is 6.59. The van der Waals surface area contributed by atoms with Crippen LogP contribution >= 0.6 is 0 Å². The molecule has 0 fully saturated rings. The zero-order valence-electron chi connectivity index (χ0n) is 11.8. The monoisotopic (exact) mass is 245 g/mol. The van der Waals surface area contributed by atoms with Crippen LogP contribution in [-0.2, 0) is 6.54 Å². The first-order chi connectivity index (χ1) is 8.52. The molecule has 0 N–H and O–H groups in total. The minimum Gasteiger partial charge on any atom is -0.298 e. The molecule has 0 saturated carbocycles. The molecule has 0 radical (unpaired) electrons. The molecule has 0 aliphatic heterocycles. The number of rotatable bonds is 6. The van der Waals surface area contributed by atoms with Crippen LogP contribution in [0.15, 0.2) is 18.3 Å². The molecule has 1 rings (SSSR count). The number of hydrogen-bond acceptors (Lipinski definition) is 3. The Balaban J connectivity index is 2.79. The largest absolute Gasteiger partial charge is 0.298 e. The Morgan fingerprint density at radius 3 is 2.33 bits per heavy atom. The maximum Gasteiger partial charge on any atom is 0.144 e. The van der Waals surface area contributed by atoms with Gasteiger partial charge in [0.2, 0.25) is 0 Å². The molecule has 1 aromatic rings. The fourth-order valence-corrected chi connectivity index (χ4v) is 2.14. The molecule has 3 nitrogen and oxygen atoms in total. The number of pyridine rings is 1. The molecule has 0 atom stereocenters. The minimum absolute atomic E-state index is 0.551. The van der Waals surface area contributed by atoms with Crippen molar-refractivity contribution in [2.24, 2.45) is 11.8 Å². The van der Waals surface area contributed by atoms with E-state index >= 15 is 0 Å². The second kappa shape index (κ2) is 7.13. The molecule has 98 valence electrons. The van der Waals surface area contributed by atoms with Crippen molar-refractivity contribution in [3.05, 3.63) is 29.6 Å². The number of aromatic nitrogens is 1. The van der Waals surface area contributed by atoms with Crippen molar-refractivity contribution in [2.45, 2.75) is 34.2 Å². The Morgan fingerprint density at radius 1 is 1.22 bits per heavy atom. The fraction of sp³-hybridized carbons (Fsp3) is 0.600. The van der Waals surface area contributed by atoms with Crippen molar-refractivity contribution in [3.8, 4) is 6.07 Å². The van der Waals surface area contributed by atoms with Gasteiger partial charge < -0.3 is 0 Å². The highest BCUT2D eigenvalue weighted by atomic mass is 15.1. The summed E-state index contributed by atoms with van der Waals surface area (Å²) in [5.41, 5.74) is 1.58. The summed E-state index contributed by atoms with van der Waals surface area (Å²) in [6.07, 6.45) is 1.68. The van der Waals surface area contributed by atoms with Crippen molar-refractivity contribution in [1.29, 1.82) is 5.26 Å². The highest BCUT2D eigenvalue weighted by Crippen LogP contribution is 2.12. The van der Waals surface area contributed by atoms with Crippen LogP contribution in [0.1, 0.15) is 39.0 Å². The van der Waals surface area contributed by atoms with E-state index in [4.69, 9.17) is 5.26 Å². The van der Waals surface area contributed by atoms with Gasteiger partial charge in [0.25, 0.3) is 0 Å². The third kappa shape index (κ3) is 4.85. The van der Waals surface area contributed by atoms with E-state index in [1.807, 2.05) is 12.1 Å². The maximum absolute atomic E-state index is 9.06. The van der Waals surface area contributed by atoms with E-state index in [2.05, 4.69) is 43.6 Å². The summed E-state index contributed by atoms with van der Waals surface area (Å²) < 4.78 is 0. The molecular weight excluding hydrogens is 222 g/mol. The van der Waals surface area contributed by atoms with E-state index < -0.39 is 0 Å². The van der Waals surface area contributed by atoms with Gasteiger partial charge in [-0.1, -0.05) is 33.8 Å². The predicted octanol–water partition coefficient (Wildman–Crippen LogP) is 3.07. The Bertz CT molecular complexity index is 394. The summed E-state index contributed by atoms with van der Waals surface area (Å²) in [6.45, 7) is 11.8. The molecule has 0 unspecified atom stereocenters. The minimum atomic E-state index is 0.551. The smallest absolute Gasteiger partial charge is 0.144 e. The molecular formula is C15H23N3. The Kier molecular flexibility index (Phi) is 5.80. The lowest BCUT2D eigenvalue weighted by Gasteiger charge is -2.26. The average molecular weight is 245 g/mol. The Morgan fingerprint density at radius 2 is 1.83 bits per heavy atom. The normalized spacial score (nSPS) is 11.2. The zero-order valence-corrected chi connectivity index (χ0v) is 11.8. The summed E-state index contributed by atoms with van der Waals surface area (Å²) in [5.74, 6) is 1.26. The second-order valence-corrected chi connectivity index (χ2v) is 5.60. The van der Waals surface area contributed by atoms with Gasteiger partial charge in [0.1, 0.15) is 11.8 Å². The summed E-state index contributed by atoms with van der Waals surface area (Å²) in [6, 6.07) is 6.07. The van der Waals surface area contributed by atoms with Gasteiger partial charge in [-0.2, -0.15) is 5.26 Å². The van der Waals surface area contributed by atoms with Gasteiger partial charge in [0, 0.05) is 31.4 Å². The molecule has 0 amide bonds.